The maximum atomic E-state index is 12.0. The molecule has 0 spiro atoms. The second-order valence-electron chi connectivity index (χ2n) is 2.09. The fraction of sp³-hybridized carbons (Fsp3) is 0.500. The molecule has 0 N–H and O–H groups in total. The van der Waals surface area contributed by atoms with Crippen LogP contribution < -0.4 is 4.74 Å². The molecule has 68 valence electrons. The van der Waals surface area contributed by atoms with Gasteiger partial charge in [0.15, 0.2) is 5.06 Å². The molecule has 0 aromatic carbocycles. The van der Waals surface area contributed by atoms with E-state index in [0.717, 1.165) is 0 Å². The number of nitrogens with zero attached hydrogens (tertiary/aromatic N) is 1. The Morgan fingerprint density at radius 1 is 1.42 bits per heavy atom. The minimum atomic E-state index is -4.37. The van der Waals surface area contributed by atoms with Crippen LogP contribution in [0.4, 0.5) is 13.2 Å². The van der Waals surface area contributed by atoms with E-state index < -0.39 is 11.2 Å². The number of methoxy groups -OCH3 is 1. The lowest BCUT2D eigenvalue weighted by Gasteiger charge is -1.98. The first kappa shape index (κ1) is 9.31. The summed E-state index contributed by atoms with van der Waals surface area (Å²) in [6.07, 6.45) is -4.37. The van der Waals surface area contributed by atoms with Crippen LogP contribution in [0.15, 0.2) is 0 Å². The summed E-state index contributed by atoms with van der Waals surface area (Å²) in [5.41, 5.74) is 0.273. The second-order valence-corrected chi connectivity index (χ2v) is 3.06. The molecule has 2 nitrogen and oxygen atoms in total. The molecule has 0 aliphatic heterocycles. The van der Waals surface area contributed by atoms with E-state index in [1.54, 1.807) is 0 Å². The SMILES string of the molecule is COc1sc(C(F)(F)F)nc1C. The Morgan fingerprint density at radius 2 is 2.00 bits per heavy atom. The molecule has 0 radical (unpaired) electrons. The zero-order valence-electron chi connectivity index (χ0n) is 6.40. The third kappa shape index (κ3) is 1.69. The molecular formula is C6H6F3NOS. The zero-order chi connectivity index (χ0) is 9.35. The van der Waals surface area contributed by atoms with Crippen molar-refractivity contribution >= 4 is 11.3 Å². The average Bonchev–Trinajstić information content (AvgIpc) is 2.29. The summed E-state index contributed by atoms with van der Waals surface area (Å²) in [5.74, 6) is 0. The highest BCUT2D eigenvalue weighted by Gasteiger charge is 2.35. The van der Waals surface area contributed by atoms with Crippen LogP contribution in [-0.2, 0) is 6.18 Å². The molecule has 1 rings (SSSR count). The topological polar surface area (TPSA) is 22.1 Å². The van der Waals surface area contributed by atoms with Crippen molar-refractivity contribution in [2.75, 3.05) is 7.11 Å². The van der Waals surface area contributed by atoms with Gasteiger partial charge in [-0.2, -0.15) is 13.2 Å². The van der Waals surface area contributed by atoms with Crippen LogP contribution >= 0.6 is 11.3 Å². The monoisotopic (exact) mass is 197 g/mol. The van der Waals surface area contributed by atoms with E-state index in [4.69, 9.17) is 0 Å². The molecule has 0 saturated carbocycles. The first-order valence-electron chi connectivity index (χ1n) is 3.03. The average molecular weight is 197 g/mol. The maximum absolute atomic E-state index is 12.0. The Labute approximate surface area is 71.0 Å². The van der Waals surface area contributed by atoms with Gasteiger partial charge in [0.05, 0.1) is 12.8 Å². The number of rotatable bonds is 1. The van der Waals surface area contributed by atoms with E-state index in [0.29, 0.717) is 11.3 Å². The lowest BCUT2D eigenvalue weighted by atomic mass is 10.5. The number of aryl methyl sites for hydroxylation is 1. The molecule has 0 aliphatic rings. The Kier molecular flexibility index (Phi) is 2.27. The molecule has 0 bridgehead atoms. The van der Waals surface area contributed by atoms with Gasteiger partial charge in [-0.05, 0) is 6.92 Å². The van der Waals surface area contributed by atoms with Crippen molar-refractivity contribution in [3.63, 3.8) is 0 Å². The summed E-state index contributed by atoms with van der Waals surface area (Å²) in [5, 5.41) is -0.654. The van der Waals surface area contributed by atoms with Crippen molar-refractivity contribution in [2.24, 2.45) is 0 Å². The molecule has 0 unspecified atom stereocenters. The Balaban J connectivity index is 3.05. The molecule has 12 heavy (non-hydrogen) atoms. The number of hydrogen-bond acceptors (Lipinski definition) is 3. The van der Waals surface area contributed by atoms with Crippen molar-refractivity contribution in [3.05, 3.63) is 10.7 Å². The number of aromatic nitrogens is 1. The van der Waals surface area contributed by atoms with Crippen LogP contribution in [0.2, 0.25) is 0 Å². The molecule has 6 heteroatoms. The lowest BCUT2D eigenvalue weighted by Crippen LogP contribution is -2.03. The van der Waals surface area contributed by atoms with Crippen LogP contribution in [-0.4, -0.2) is 12.1 Å². The maximum Gasteiger partial charge on any atom is 0.443 e. The fourth-order valence-corrected chi connectivity index (χ4v) is 1.44. The van der Waals surface area contributed by atoms with Gasteiger partial charge < -0.3 is 4.74 Å². The van der Waals surface area contributed by atoms with E-state index in [1.807, 2.05) is 0 Å². The summed E-state index contributed by atoms with van der Waals surface area (Å²) in [6, 6.07) is 0. The minimum absolute atomic E-state index is 0.210. The molecule has 1 heterocycles. The van der Waals surface area contributed by atoms with Crippen molar-refractivity contribution in [1.82, 2.24) is 4.98 Å². The first-order chi connectivity index (χ1) is 5.45. The second kappa shape index (κ2) is 2.93. The highest BCUT2D eigenvalue weighted by Crippen LogP contribution is 2.37. The zero-order valence-corrected chi connectivity index (χ0v) is 7.21. The van der Waals surface area contributed by atoms with Gasteiger partial charge in [0.1, 0.15) is 0 Å². The van der Waals surface area contributed by atoms with Crippen LogP contribution in [0.25, 0.3) is 0 Å². The molecular weight excluding hydrogens is 191 g/mol. The Morgan fingerprint density at radius 3 is 2.25 bits per heavy atom. The number of ether oxygens (including phenoxy) is 1. The Hall–Kier alpha value is -0.780. The summed E-state index contributed by atoms with van der Waals surface area (Å²) in [4.78, 5) is 3.32. The van der Waals surface area contributed by atoms with Crippen LogP contribution in [0, 0.1) is 6.92 Å². The third-order valence-corrected chi connectivity index (χ3v) is 2.35. The van der Waals surface area contributed by atoms with Gasteiger partial charge in [0.25, 0.3) is 0 Å². The molecule has 0 amide bonds. The summed E-state index contributed by atoms with van der Waals surface area (Å²) < 4.78 is 40.7. The predicted molar refractivity (Wildman–Crippen MR) is 38.4 cm³/mol. The first-order valence-corrected chi connectivity index (χ1v) is 3.85. The van der Waals surface area contributed by atoms with Crippen molar-refractivity contribution < 1.29 is 17.9 Å². The summed E-state index contributed by atoms with van der Waals surface area (Å²) in [7, 11) is 1.32. The molecule has 0 aliphatic carbocycles. The number of thiazole rings is 1. The number of alkyl halides is 3. The minimum Gasteiger partial charge on any atom is -0.486 e. The van der Waals surface area contributed by atoms with Crippen molar-refractivity contribution in [3.8, 4) is 5.06 Å². The number of halogens is 3. The largest absolute Gasteiger partial charge is 0.486 e. The van der Waals surface area contributed by atoms with E-state index in [-0.39, 0.29) is 10.8 Å². The van der Waals surface area contributed by atoms with Gasteiger partial charge in [-0.3, -0.25) is 0 Å². The van der Waals surface area contributed by atoms with Crippen molar-refractivity contribution in [1.29, 1.82) is 0 Å². The third-order valence-electron chi connectivity index (χ3n) is 1.18. The highest BCUT2D eigenvalue weighted by atomic mass is 32.1. The molecule has 0 fully saturated rings. The van der Waals surface area contributed by atoms with Crippen LogP contribution in [0.3, 0.4) is 0 Å². The van der Waals surface area contributed by atoms with Gasteiger partial charge in [-0.15, -0.1) is 0 Å². The van der Waals surface area contributed by atoms with Gasteiger partial charge >= 0.3 is 6.18 Å². The Bertz CT molecular complexity index is 281. The van der Waals surface area contributed by atoms with Gasteiger partial charge in [-0.25, -0.2) is 4.98 Å². The molecule has 0 atom stereocenters. The molecule has 1 aromatic heterocycles. The van der Waals surface area contributed by atoms with E-state index in [2.05, 4.69) is 9.72 Å². The smallest absolute Gasteiger partial charge is 0.443 e. The number of hydrogen-bond donors (Lipinski definition) is 0. The quantitative estimate of drug-likeness (QED) is 0.690. The highest BCUT2D eigenvalue weighted by molar-refractivity contribution is 7.13. The van der Waals surface area contributed by atoms with Crippen LogP contribution in [0.5, 0.6) is 5.06 Å². The molecule has 0 saturated heterocycles. The lowest BCUT2D eigenvalue weighted by molar-refractivity contribution is -0.137. The van der Waals surface area contributed by atoms with Gasteiger partial charge in [-0.1, -0.05) is 11.3 Å². The van der Waals surface area contributed by atoms with E-state index in [1.165, 1.54) is 14.0 Å². The normalized spacial score (nSPS) is 11.8. The van der Waals surface area contributed by atoms with Crippen LogP contribution in [0.1, 0.15) is 10.7 Å². The van der Waals surface area contributed by atoms with E-state index >= 15 is 0 Å². The molecule has 1 aromatic rings. The van der Waals surface area contributed by atoms with Gasteiger partial charge in [0, 0.05) is 0 Å². The van der Waals surface area contributed by atoms with Gasteiger partial charge in [0.2, 0.25) is 5.01 Å². The van der Waals surface area contributed by atoms with E-state index in [9.17, 15) is 13.2 Å². The van der Waals surface area contributed by atoms with Crippen molar-refractivity contribution in [2.45, 2.75) is 13.1 Å². The predicted octanol–water partition coefficient (Wildman–Crippen LogP) is 2.48. The fourth-order valence-electron chi connectivity index (χ4n) is 0.693. The summed E-state index contributed by atoms with van der Waals surface area (Å²) >= 11 is 0.508. The summed E-state index contributed by atoms with van der Waals surface area (Å²) in [6.45, 7) is 1.48. The standard InChI is InChI=1S/C6H6F3NOS/c1-3-4(11-2)12-5(10-3)6(7,8)9/h1-2H3.